The number of carbonyl (C=O) groups excluding carboxylic acids is 1. The molecular weight excluding hydrogens is 254 g/mol. The molecule has 1 heterocycles. The van der Waals surface area contributed by atoms with Crippen LogP contribution < -0.4 is 11.1 Å². The first-order valence-corrected chi connectivity index (χ1v) is 7.90. The third-order valence-electron chi connectivity index (χ3n) is 4.06. The Morgan fingerprint density at radius 2 is 2.25 bits per heavy atom. The molecule has 1 aliphatic rings. The summed E-state index contributed by atoms with van der Waals surface area (Å²) in [6.45, 7) is 10.6. The molecule has 0 aromatic heterocycles. The highest BCUT2D eigenvalue weighted by molar-refractivity contribution is 5.84. The monoisotopic (exact) mass is 285 g/mol. The van der Waals surface area contributed by atoms with Crippen LogP contribution in [0.25, 0.3) is 0 Å². The summed E-state index contributed by atoms with van der Waals surface area (Å²) in [6, 6.07) is 0. The van der Waals surface area contributed by atoms with Gasteiger partial charge in [-0.2, -0.15) is 0 Å². The van der Waals surface area contributed by atoms with Crippen LogP contribution >= 0.6 is 0 Å². The topological polar surface area (TPSA) is 67.6 Å². The fourth-order valence-electron chi connectivity index (χ4n) is 2.71. The Morgan fingerprint density at radius 3 is 2.85 bits per heavy atom. The van der Waals surface area contributed by atoms with Crippen LogP contribution in [0, 0.1) is 0 Å². The van der Waals surface area contributed by atoms with E-state index in [0.29, 0.717) is 6.10 Å². The molecule has 1 rings (SSSR count). The predicted octanol–water partition coefficient (Wildman–Crippen LogP) is 1.12. The number of nitrogens with one attached hydrogen (secondary N) is 1. The van der Waals surface area contributed by atoms with Crippen molar-refractivity contribution in [1.82, 2.24) is 10.2 Å². The lowest BCUT2D eigenvalue weighted by Crippen LogP contribution is -2.55. The first-order chi connectivity index (χ1) is 9.51. The van der Waals surface area contributed by atoms with Gasteiger partial charge in [0.15, 0.2) is 0 Å². The highest BCUT2D eigenvalue weighted by Gasteiger charge is 2.31. The van der Waals surface area contributed by atoms with Crippen LogP contribution in [-0.4, -0.2) is 55.2 Å². The number of rotatable bonds is 9. The third kappa shape index (κ3) is 5.38. The van der Waals surface area contributed by atoms with Gasteiger partial charge in [0, 0.05) is 19.7 Å². The summed E-state index contributed by atoms with van der Waals surface area (Å²) in [4.78, 5) is 14.0. The summed E-state index contributed by atoms with van der Waals surface area (Å²) in [5.41, 5.74) is 4.92. The normalized spacial score (nSPS) is 23.4. The zero-order chi connectivity index (χ0) is 15.0. The first-order valence-electron chi connectivity index (χ1n) is 7.90. The van der Waals surface area contributed by atoms with Gasteiger partial charge in [0.1, 0.15) is 0 Å². The van der Waals surface area contributed by atoms with Gasteiger partial charge in [-0.1, -0.05) is 13.8 Å². The number of likely N-dealkylation sites (tertiary alicyclic amines) is 1. The smallest absolute Gasteiger partial charge is 0.237 e. The van der Waals surface area contributed by atoms with Crippen LogP contribution in [0.15, 0.2) is 0 Å². The predicted molar refractivity (Wildman–Crippen MR) is 81.6 cm³/mol. The highest BCUT2D eigenvalue weighted by atomic mass is 16.5. The molecule has 1 saturated heterocycles. The number of amides is 1. The summed E-state index contributed by atoms with van der Waals surface area (Å²) >= 11 is 0. The van der Waals surface area contributed by atoms with Crippen LogP contribution in [0.2, 0.25) is 0 Å². The number of hydrogen-bond donors (Lipinski definition) is 2. The maximum absolute atomic E-state index is 11.6. The minimum atomic E-state index is -0.605. The Balaban J connectivity index is 2.41. The van der Waals surface area contributed by atoms with Crippen molar-refractivity contribution in [3.05, 3.63) is 0 Å². The number of nitrogens with zero attached hydrogens (tertiary/aromatic N) is 1. The molecule has 20 heavy (non-hydrogen) atoms. The van der Waals surface area contributed by atoms with Gasteiger partial charge >= 0.3 is 0 Å². The van der Waals surface area contributed by atoms with E-state index in [1.807, 2.05) is 13.8 Å². The number of nitrogens with two attached hydrogens (primary N) is 1. The molecule has 1 fully saturated rings. The molecule has 118 valence electrons. The lowest BCUT2D eigenvalue weighted by atomic mass is 9.95. The highest BCUT2D eigenvalue weighted by Crippen LogP contribution is 2.16. The zero-order valence-corrected chi connectivity index (χ0v) is 13.3. The van der Waals surface area contributed by atoms with E-state index in [4.69, 9.17) is 10.5 Å². The summed E-state index contributed by atoms with van der Waals surface area (Å²) in [5.74, 6) is -0.268. The number of primary amides is 1. The maximum Gasteiger partial charge on any atom is 0.237 e. The second-order valence-corrected chi connectivity index (χ2v) is 5.91. The molecule has 0 radical (unpaired) electrons. The van der Waals surface area contributed by atoms with E-state index in [9.17, 15) is 4.79 Å². The van der Waals surface area contributed by atoms with Crippen molar-refractivity contribution < 1.29 is 9.53 Å². The van der Waals surface area contributed by atoms with Crippen molar-refractivity contribution in [1.29, 1.82) is 0 Å². The first kappa shape index (κ1) is 17.4. The van der Waals surface area contributed by atoms with Crippen molar-refractivity contribution in [2.75, 3.05) is 32.8 Å². The summed E-state index contributed by atoms with van der Waals surface area (Å²) in [6.07, 6.45) is 4.48. The van der Waals surface area contributed by atoms with Crippen molar-refractivity contribution in [3.63, 3.8) is 0 Å². The molecule has 0 aromatic rings. The van der Waals surface area contributed by atoms with Gasteiger partial charge in [-0.25, -0.2) is 0 Å². The minimum Gasteiger partial charge on any atom is -0.377 e. The number of carbonyl (C=O) groups is 1. The fraction of sp³-hybridized carbons (Fsp3) is 0.933. The molecular formula is C15H31N3O2. The molecule has 0 aliphatic carbocycles. The molecule has 0 bridgehead atoms. The molecule has 0 aromatic carbocycles. The molecule has 1 aliphatic heterocycles. The van der Waals surface area contributed by atoms with Gasteiger partial charge < -0.3 is 20.7 Å². The number of ether oxygens (including phenoxy) is 1. The van der Waals surface area contributed by atoms with E-state index in [2.05, 4.69) is 17.1 Å². The Kier molecular flexibility index (Phi) is 7.48. The van der Waals surface area contributed by atoms with E-state index >= 15 is 0 Å². The van der Waals surface area contributed by atoms with Crippen molar-refractivity contribution >= 4 is 5.91 Å². The molecule has 2 unspecified atom stereocenters. The Bertz CT molecular complexity index is 299. The van der Waals surface area contributed by atoms with Gasteiger partial charge in [-0.3, -0.25) is 4.79 Å². The number of likely N-dealkylation sites (N-methyl/N-ethyl adjacent to an activating group) is 1. The summed E-state index contributed by atoms with van der Waals surface area (Å²) < 4.78 is 5.84. The summed E-state index contributed by atoms with van der Waals surface area (Å²) in [5, 5.41) is 3.21. The molecule has 3 N–H and O–H groups in total. The van der Waals surface area contributed by atoms with Crippen LogP contribution in [0.3, 0.4) is 0 Å². The van der Waals surface area contributed by atoms with Gasteiger partial charge in [0.25, 0.3) is 0 Å². The van der Waals surface area contributed by atoms with Crippen LogP contribution in [0.5, 0.6) is 0 Å². The second-order valence-electron chi connectivity index (χ2n) is 5.91. The van der Waals surface area contributed by atoms with Crippen LogP contribution in [-0.2, 0) is 9.53 Å². The van der Waals surface area contributed by atoms with Gasteiger partial charge in [0.2, 0.25) is 5.91 Å². The van der Waals surface area contributed by atoms with E-state index < -0.39 is 5.54 Å². The van der Waals surface area contributed by atoms with Crippen molar-refractivity contribution in [2.24, 2.45) is 5.73 Å². The van der Waals surface area contributed by atoms with E-state index in [0.717, 1.165) is 52.0 Å². The molecule has 5 heteroatoms. The quantitative estimate of drug-likeness (QED) is 0.666. The van der Waals surface area contributed by atoms with Crippen LogP contribution in [0.1, 0.15) is 46.5 Å². The molecule has 5 nitrogen and oxygen atoms in total. The minimum absolute atomic E-state index is 0.268. The molecule has 2 atom stereocenters. The lowest BCUT2D eigenvalue weighted by molar-refractivity contribution is -0.124. The largest absolute Gasteiger partial charge is 0.377 e. The standard InChI is InChI=1S/C15H31N3O2/c1-4-11-20-13-7-6-9-18(12-13)10-8-15(3,14(16)19)17-5-2/h13,17H,4-12H2,1-3H3,(H2,16,19). The second kappa shape index (κ2) is 8.60. The van der Waals surface area contributed by atoms with Gasteiger partial charge in [0.05, 0.1) is 11.6 Å². The van der Waals surface area contributed by atoms with Gasteiger partial charge in [-0.15, -0.1) is 0 Å². The Hall–Kier alpha value is -0.650. The SMILES string of the molecule is CCCOC1CCCN(CCC(C)(NCC)C(N)=O)C1. The van der Waals surface area contributed by atoms with E-state index in [-0.39, 0.29) is 5.91 Å². The summed E-state index contributed by atoms with van der Waals surface area (Å²) in [7, 11) is 0. The van der Waals surface area contributed by atoms with Crippen molar-refractivity contribution in [3.8, 4) is 0 Å². The molecule has 1 amide bonds. The van der Waals surface area contributed by atoms with E-state index in [1.54, 1.807) is 0 Å². The number of hydrogen-bond acceptors (Lipinski definition) is 4. The van der Waals surface area contributed by atoms with Crippen LogP contribution in [0.4, 0.5) is 0 Å². The zero-order valence-electron chi connectivity index (χ0n) is 13.3. The average Bonchev–Trinajstić information content (AvgIpc) is 2.43. The van der Waals surface area contributed by atoms with E-state index in [1.165, 1.54) is 6.42 Å². The number of piperidine rings is 1. The Labute approximate surface area is 123 Å². The lowest BCUT2D eigenvalue weighted by Gasteiger charge is -2.35. The molecule has 0 saturated carbocycles. The average molecular weight is 285 g/mol. The van der Waals surface area contributed by atoms with Gasteiger partial charge in [-0.05, 0) is 45.7 Å². The molecule has 0 spiro atoms. The van der Waals surface area contributed by atoms with Crippen molar-refractivity contribution in [2.45, 2.75) is 58.1 Å². The maximum atomic E-state index is 11.6. The fourth-order valence-corrected chi connectivity index (χ4v) is 2.71. The third-order valence-corrected chi connectivity index (χ3v) is 4.06. The Morgan fingerprint density at radius 1 is 1.50 bits per heavy atom.